The van der Waals surface area contributed by atoms with Gasteiger partial charge in [0.2, 0.25) is 23.6 Å². The molecule has 0 aromatic rings. The summed E-state index contributed by atoms with van der Waals surface area (Å²) < 4.78 is 4.87. The van der Waals surface area contributed by atoms with Crippen LogP contribution in [0.3, 0.4) is 0 Å². The summed E-state index contributed by atoms with van der Waals surface area (Å²) in [5.74, 6) is -2.82. The van der Waals surface area contributed by atoms with E-state index in [1.165, 1.54) is 14.0 Å². The molecule has 0 spiro atoms. The maximum atomic E-state index is 12.3. The summed E-state index contributed by atoms with van der Waals surface area (Å²) in [6.45, 7) is 2.29. The third-order valence-corrected chi connectivity index (χ3v) is 4.86. The summed E-state index contributed by atoms with van der Waals surface area (Å²) in [5, 5.41) is 18.1. The van der Waals surface area contributed by atoms with Crippen LogP contribution < -0.4 is 21.3 Å². The van der Waals surface area contributed by atoms with Crippen molar-refractivity contribution in [2.45, 2.75) is 37.5 Å². The van der Waals surface area contributed by atoms with E-state index in [1.54, 1.807) is 7.11 Å². The maximum Gasteiger partial charge on any atom is 0.305 e. The number of likely N-dealkylation sites (N-methyl/N-ethyl adjacent to an activating group) is 1. The number of methoxy groups -OCH3 is 1. The van der Waals surface area contributed by atoms with Gasteiger partial charge in [-0.15, -0.1) is 11.8 Å². The Balaban J connectivity index is 4.57. The predicted molar refractivity (Wildman–Crippen MR) is 107 cm³/mol. The Morgan fingerprint density at radius 3 is 2.31 bits per heavy atom. The van der Waals surface area contributed by atoms with E-state index in [1.807, 2.05) is 0 Å². The van der Waals surface area contributed by atoms with E-state index in [4.69, 9.17) is 9.84 Å². The van der Waals surface area contributed by atoms with Crippen molar-refractivity contribution >= 4 is 41.4 Å². The molecule has 0 aliphatic rings. The van der Waals surface area contributed by atoms with Crippen molar-refractivity contribution < 1.29 is 33.8 Å². The van der Waals surface area contributed by atoms with Crippen LogP contribution in [-0.4, -0.2) is 85.6 Å². The number of rotatable bonds is 15. The molecule has 0 saturated carbocycles. The van der Waals surface area contributed by atoms with Crippen LogP contribution in [0.2, 0.25) is 0 Å². The summed E-state index contributed by atoms with van der Waals surface area (Å²) in [4.78, 5) is 58.1. The van der Waals surface area contributed by atoms with Gasteiger partial charge in [-0.05, 0) is 6.42 Å². The topological polar surface area (TPSA) is 163 Å². The Labute approximate surface area is 174 Å². The van der Waals surface area contributed by atoms with Crippen LogP contribution in [0.5, 0.6) is 0 Å². The fraction of sp³-hybridized carbons (Fsp3) is 0.706. The molecule has 0 aromatic heterocycles. The monoisotopic (exact) mass is 434 g/mol. The van der Waals surface area contributed by atoms with Crippen LogP contribution in [0.1, 0.15) is 26.2 Å². The number of thioether (sulfide) groups is 1. The minimum atomic E-state index is -1.18. The summed E-state index contributed by atoms with van der Waals surface area (Å²) >= 11 is 0.947. The van der Waals surface area contributed by atoms with Crippen LogP contribution in [0.25, 0.3) is 0 Å². The first-order valence-electron chi connectivity index (χ1n) is 9.06. The lowest BCUT2D eigenvalue weighted by Crippen LogP contribution is -2.47. The first kappa shape index (κ1) is 26.7. The Kier molecular flexibility index (Phi) is 14.3. The van der Waals surface area contributed by atoms with Crippen molar-refractivity contribution in [1.29, 1.82) is 0 Å². The number of nitrogens with one attached hydrogen (secondary N) is 4. The van der Waals surface area contributed by atoms with Gasteiger partial charge in [-0.1, -0.05) is 0 Å². The SMILES string of the molecule is CNC(=O)[C@H](CSC(CC(=O)O)C(=O)NCCC(=O)NCCCOC)NC(C)=O. The van der Waals surface area contributed by atoms with Gasteiger partial charge in [0, 0.05) is 53.0 Å². The second-order valence-electron chi connectivity index (χ2n) is 6.02. The molecule has 0 rings (SSSR count). The summed E-state index contributed by atoms with van der Waals surface area (Å²) in [6.07, 6.45) is 0.267. The van der Waals surface area contributed by atoms with Crippen molar-refractivity contribution in [1.82, 2.24) is 21.3 Å². The van der Waals surface area contributed by atoms with Crippen LogP contribution in [0.4, 0.5) is 0 Å². The normalized spacial score (nSPS) is 12.4. The van der Waals surface area contributed by atoms with Gasteiger partial charge in [-0.3, -0.25) is 24.0 Å². The highest BCUT2D eigenvalue weighted by atomic mass is 32.2. The average Bonchev–Trinajstić information content (AvgIpc) is 2.66. The predicted octanol–water partition coefficient (Wildman–Crippen LogP) is -1.53. The molecule has 0 aromatic carbocycles. The fourth-order valence-corrected chi connectivity index (χ4v) is 3.30. The number of carbonyl (C=O) groups excluding carboxylic acids is 4. The average molecular weight is 435 g/mol. The Morgan fingerprint density at radius 2 is 1.76 bits per heavy atom. The number of carbonyl (C=O) groups is 5. The van der Waals surface area contributed by atoms with Gasteiger partial charge in [0.1, 0.15) is 6.04 Å². The summed E-state index contributed by atoms with van der Waals surface area (Å²) in [5.41, 5.74) is 0. The van der Waals surface area contributed by atoms with Crippen LogP contribution >= 0.6 is 11.8 Å². The molecule has 0 fully saturated rings. The zero-order chi connectivity index (χ0) is 22.2. The molecule has 0 aliphatic heterocycles. The van der Waals surface area contributed by atoms with Crippen molar-refractivity contribution in [3.63, 3.8) is 0 Å². The highest BCUT2D eigenvalue weighted by Crippen LogP contribution is 2.17. The van der Waals surface area contributed by atoms with Crippen molar-refractivity contribution in [3.8, 4) is 0 Å². The van der Waals surface area contributed by atoms with E-state index >= 15 is 0 Å². The molecule has 0 aliphatic carbocycles. The zero-order valence-corrected chi connectivity index (χ0v) is 17.7. The van der Waals surface area contributed by atoms with E-state index in [2.05, 4.69) is 21.3 Å². The number of amides is 4. The molecule has 0 saturated heterocycles. The largest absolute Gasteiger partial charge is 0.481 e. The molecule has 0 radical (unpaired) electrons. The molecular weight excluding hydrogens is 404 g/mol. The molecule has 29 heavy (non-hydrogen) atoms. The highest BCUT2D eigenvalue weighted by Gasteiger charge is 2.26. The molecule has 0 bridgehead atoms. The summed E-state index contributed by atoms with van der Waals surface area (Å²) in [7, 11) is 2.97. The van der Waals surface area contributed by atoms with E-state index < -0.39 is 41.4 Å². The molecule has 2 atom stereocenters. The van der Waals surface area contributed by atoms with E-state index in [9.17, 15) is 24.0 Å². The first-order chi connectivity index (χ1) is 13.7. The summed E-state index contributed by atoms with van der Waals surface area (Å²) in [6, 6.07) is -0.899. The number of carboxylic acids is 1. The first-order valence-corrected chi connectivity index (χ1v) is 10.1. The van der Waals surface area contributed by atoms with Gasteiger partial charge in [0.25, 0.3) is 0 Å². The van der Waals surface area contributed by atoms with Crippen LogP contribution in [-0.2, 0) is 28.7 Å². The molecule has 11 nitrogen and oxygen atoms in total. The van der Waals surface area contributed by atoms with Crippen molar-refractivity contribution in [2.75, 3.05) is 39.6 Å². The Bertz CT molecular complexity index is 574. The van der Waals surface area contributed by atoms with Gasteiger partial charge in [-0.25, -0.2) is 0 Å². The lowest BCUT2D eigenvalue weighted by molar-refractivity contribution is -0.138. The molecule has 0 heterocycles. The van der Waals surface area contributed by atoms with E-state index in [0.717, 1.165) is 11.8 Å². The molecule has 12 heteroatoms. The zero-order valence-electron chi connectivity index (χ0n) is 16.9. The van der Waals surface area contributed by atoms with Gasteiger partial charge in [-0.2, -0.15) is 0 Å². The number of aliphatic carboxylic acids is 1. The second kappa shape index (κ2) is 15.6. The number of carboxylic acid groups (broad SMARTS) is 1. The lowest BCUT2D eigenvalue weighted by atomic mass is 10.3. The van der Waals surface area contributed by atoms with Gasteiger partial charge in [0.15, 0.2) is 0 Å². The Morgan fingerprint density at radius 1 is 1.07 bits per heavy atom. The minimum Gasteiger partial charge on any atom is -0.481 e. The fourth-order valence-electron chi connectivity index (χ4n) is 2.15. The molecular formula is C17H30N4O7S. The van der Waals surface area contributed by atoms with E-state index in [0.29, 0.717) is 19.6 Å². The third kappa shape index (κ3) is 13.5. The van der Waals surface area contributed by atoms with Crippen LogP contribution in [0.15, 0.2) is 0 Å². The molecule has 4 amide bonds. The number of ether oxygens (including phenoxy) is 1. The van der Waals surface area contributed by atoms with E-state index in [-0.39, 0.29) is 24.6 Å². The quantitative estimate of drug-likeness (QED) is 0.194. The van der Waals surface area contributed by atoms with Gasteiger partial charge >= 0.3 is 5.97 Å². The maximum absolute atomic E-state index is 12.3. The second-order valence-corrected chi connectivity index (χ2v) is 7.26. The number of hydrogen-bond acceptors (Lipinski definition) is 7. The number of hydrogen-bond donors (Lipinski definition) is 5. The smallest absolute Gasteiger partial charge is 0.305 e. The minimum absolute atomic E-state index is 0.0185. The van der Waals surface area contributed by atoms with Gasteiger partial charge in [0.05, 0.1) is 11.7 Å². The molecule has 5 N–H and O–H groups in total. The van der Waals surface area contributed by atoms with Crippen molar-refractivity contribution in [3.05, 3.63) is 0 Å². The lowest BCUT2D eigenvalue weighted by Gasteiger charge is -2.19. The van der Waals surface area contributed by atoms with Gasteiger partial charge < -0.3 is 31.1 Å². The third-order valence-electron chi connectivity index (χ3n) is 3.56. The van der Waals surface area contributed by atoms with Crippen molar-refractivity contribution in [2.24, 2.45) is 0 Å². The molecule has 166 valence electrons. The molecule has 1 unspecified atom stereocenters. The Hall–Kier alpha value is -2.34. The standard InChI is InChI=1S/C17H30N4O7S/c1-11(22)21-12(16(26)18-2)10-29-13(9-15(24)25)17(27)20-7-5-14(23)19-6-4-8-28-3/h12-13H,4-10H2,1-3H3,(H,18,26)(H,19,23)(H,20,27)(H,21,22)(H,24,25)/t12-,13?/m0/s1. The highest BCUT2D eigenvalue weighted by molar-refractivity contribution is 8.00. The van der Waals surface area contributed by atoms with Crippen LogP contribution in [0, 0.1) is 0 Å².